The van der Waals surface area contributed by atoms with Crippen LogP contribution >= 0.6 is 12.6 Å². The molecule has 1 heterocycles. The van der Waals surface area contributed by atoms with Gasteiger partial charge in [0.15, 0.2) is 0 Å². The molecule has 27 heavy (non-hydrogen) atoms. The van der Waals surface area contributed by atoms with Crippen molar-refractivity contribution in [3.8, 4) is 0 Å². The molecule has 8 heteroatoms. The van der Waals surface area contributed by atoms with E-state index in [1.54, 1.807) is 18.2 Å². The molecule has 0 aromatic heterocycles. The Bertz CT molecular complexity index is 737. The van der Waals surface area contributed by atoms with Gasteiger partial charge in [0, 0.05) is 17.5 Å². The molecule has 0 spiro atoms. The Morgan fingerprint density at radius 2 is 1.93 bits per heavy atom. The molecule has 1 aromatic rings. The second-order valence-electron chi connectivity index (χ2n) is 5.88. The van der Waals surface area contributed by atoms with Crippen molar-refractivity contribution in [2.24, 2.45) is 0 Å². The summed E-state index contributed by atoms with van der Waals surface area (Å²) in [5.41, 5.74) is 0.727. The predicted molar refractivity (Wildman–Crippen MR) is 105 cm³/mol. The van der Waals surface area contributed by atoms with Gasteiger partial charge in [0.1, 0.15) is 19.3 Å². The van der Waals surface area contributed by atoms with Crippen molar-refractivity contribution >= 4 is 36.3 Å². The molecule has 2 atom stereocenters. The number of likely N-dealkylation sites (tertiary alicyclic amines) is 1. The van der Waals surface area contributed by atoms with Crippen LogP contribution in [0.1, 0.15) is 16.8 Å². The monoisotopic (exact) mass is 390 g/mol. The Labute approximate surface area is 163 Å². The number of thiol groups is 1. The van der Waals surface area contributed by atoms with Crippen LogP contribution in [0.15, 0.2) is 49.6 Å². The van der Waals surface area contributed by atoms with Gasteiger partial charge in [-0.15, -0.1) is 0 Å². The number of hydrogen-bond acceptors (Lipinski definition) is 6. The molecule has 1 aromatic carbocycles. The lowest BCUT2D eigenvalue weighted by Gasteiger charge is -2.23. The largest absolute Gasteiger partial charge is 0.458 e. The molecule has 2 amide bonds. The van der Waals surface area contributed by atoms with Crippen LogP contribution in [0.2, 0.25) is 0 Å². The third-order valence-electron chi connectivity index (χ3n) is 3.84. The van der Waals surface area contributed by atoms with E-state index < -0.39 is 18.1 Å². The van der Waals surface area contributed by atoms with Crippen molar-refractivity contribution in [3.05, 3.63) is 55.1 Å². The maximum absolute atomic E-state index is 12.7. The average Bonchev–Trinajstić information content (AvgIpc) is 3.06. The molecule has 7 nitrogen and oxygen atoms in total. The molecule has 0 saturated carbocycles. The van der Waals surface area contributed by atoms with Crippen LogP contribution in [0.4, 0.5) is 10.5 Å². The van der Waals surface area contributed by atoms with Crippen molar-refractivity contribution in [1.29, 1.82) is 0 Å². The van der Waals surface area contributed by atoms with E-state index in [0.717, 1.165) is 0 Å². The summed E-state index contributed by atoms with van der Waals surface area (Å²) >= 11 is 4.37. The first-order valence-electron chi connectivity index (χ1n) is 8.37. The minimum Gasteiger partial charge on any atom is -0.458 e. The van der Waals surface area contributed by atoms with E-state index in [0.29, 0.717) is 24.2 Å². The summed E-state index contributed by atoms with van der Waals surface area (Å²) in [6, 6.07) is 5.67. The van der Waals surface area contributed by atoms with E-state index >= 15 is 0 Å². The molecule has 1 fully saturated rings. The summed E-state index contributed by atoms with van der Waals surface area (Å²) in [4.78, 5) is 38.0. The third kappa shape index (κ3) is 5.62. The highest BCUT2D eigenvalue weighted by Crippen LogP contribution is 2.24. The van der Waals surface area contributed by atoms with E-state index in [2.05, 4.69) is 31.1 Å². The zero-order chi connectivity index (χ0) is 19.8. The minimum absolute atomic E-state index is 0.0653. The maximum atomic E-state index is 12.7. The minimum atomic E-state index is -0.707. The van der Waals surface area contributed by atoms with E-state index in [-0.39, 0.29) is 24.4 Å². The molecule has 0 radical (unpaired) electrons. The van der Waals surface area contributed by atoms with Crippen molar-refractivity contribution in [1.82, 2.24) is 4.90 Å². The lowest BCUT2D eigenvalue weighted by molar-refractivity contribution is -0.120. The number of ether oxygens (including phenoxy) is 2. The number of nitrogens with one attached hydrogen (secondary N) is 1. The number of carbonyl (C=O) groups excluding carboxylic acids is 3. The summed E-state index contributed by atoms with van der Waals surface area (Å²) in [6.45, 7) is 7.45. The van der Waals surface area contributed by atoms with Crippen LogP contribution in [0.5, 0.6) is 0 Å². The zero-order valence-corrected chi connectivity index (χ0v) is 15.7. The molecule has 1 saturated heterocycles. The standard InChI is InChI=1S/C19H22N2O5S/c1-3-8-25-18(23)13-6-5-7-14(10-13)20-17(22)16-11-15(27)12-21(16)19(24)26-9-4-2/h3-7,10,15-16,27H,1-2,8-9,11-12H2,(H,20,22). The molecule has 0 bridgehead atoms. The third-order valence-corrected chi connectivity index (χ3v) is 4.21. The molecule has 1 aliphatic heterocycles. The second-order valence-corrected chi connectivity index (χ2v) is 6.61. The predicted octanol–water partition coefficient (Wildman–Crippen LogP) is 2.66. The lowest BCUT2D eigenvalue weighted by atomic mass is 10.1. The Kier molecular flexibility index (Phi) is 7.48. The molecule has 2 unspecified atom stereocenters. The number of benzene rings is 1. The smallest absolute Gasteiger partial charge is 0.410 e. The van der Waals surface area contributed by atoms with Crippen molar-refractivity contribution in [3.63, 3.8) is 0 Å². The van der Waals surface area contributed by atoms with Gasteiger partial charge in [-0.2, -0.15) is 12.6 Å². The Morgan fingerprint density at radius 3 is 2.63 bits per heavy atom. The number of carbonyl (C=O) groups is 3. The Morgan fingerprint density at radius 1 is 1.22 bits per heavy atom. The summed E-state index contributed by atoms with van der Waals surface area (Å²) in [5, 5.41) is 2.60. The van der Waals surface area contributed by atoms with Gasteiger partial charge in [0.2, 0.25) is 5.91 Å². The topological polar surface area (TPSA) is 84.9 Å². The first kappa shape index (κ1) is 20.6. The van der Waals surface area contributed by atoms with Gasteiger partial charge in [0.25, 0.3) is 0 Å². The Hall–Kier alpha value is -2.74. The van der Waals surface area contributed by atoms with Gasteiger partial charge in [-0.05, 0) is 24.6 Å². The number of nitrogens with zero attached hydrogens (tertiary/aromatic N) is 1. The number of hydrogen-bond donors (Lipinski definition) is 2. The highest BCUT2D eigenvalue weighted by atomic mass is 32.1. The molecular formula is C19H22N2O5S. The van der Waals surface area contributed by atoms with E-state index in [1.807, 2.05) is 0 Å². The van der Waals surface area contributed by atoms with Gasteiger partial charge >= 0.3 is 12.1 Å². The van der Waals surface area contributed by atoms with Crippen LogP contribution in [0, 0.1) is 0 Å². The van der Waals surface area contributed by atoms with Crippen LogP contribution in [0.25, 0.3) is 0 Å². The number of rotatable bonds is 7. The van der Waals surface area contributed by atoms with Crippen molar-refractivity contribution in [2.45, 2.75) is 17.7 Å². The fourth-order valence-electron chi connectivity index (χ4n) is 2.64. The molecule has 144 valence electrons. The number of amides is 2. The summed E-state index contributed by atoms with van der Waals surface area (Å²) in [5.74, 6) is -0.893. The first-order valence-corrected chi connectivity index (χ1v) is 8.89. The van der Waals surface area contributed by atoms with Gasteiger partial charge in [0.05, 0.1) is 5.56 Å². The van der Waals surface area contributed by atoms with Gasteiger partial charge in [-0.25, -0.2) is 9.59 Å². The second kappa shape index (κ2) is 9.82. The van der Waals surface area contributed by atoms with Crippen LogP contribution in [-0.2, 0) is 14.3 Å². The highest BCUT2D eigenvalue weighted by molar-refractivity contribution is 7.81. The van der Waals surface area contributed by atoms with E-state index in [1.165, 1.54) is 23.1 Å². The molecule has 1 N–H and O–H groups in total. The zero-order valence-electron chi connectivity index (χ0n) is 14.8. The number of anilines is 1. The summed E-state index contributed by atoms with van der Waals surface area (Å²) < 4.78 is 10.0. The maximum Gasteiger partial charge on any atom is 0.410 e. The molecule has 1 aliphatic rings. The molecule has 2 rings (SSSR count). The quantitative estimate of drug-likeness (QED) is 0.425. The highest BCUT2D eigenvalue weighted by Gasteiger charge is 2.39. The van der Waals surface area contributed by atoms with Crippen LogP contribution < -0.4 is 5.32 Å². The van der Waals surface area contributed by atoms with Gasteiger partial charge in [-0.1, -0.05) is 31.4 Å². The first-order chi connectivity index (χ1) is 13.0. The summed E-state index contributed by atoms with van der Waals surface area (Å²) in [7, 11) is 0. The van der Waals surface area contributed by atoms with Gasteiger partial charge < -0.3 is 14.8 Å². The molecule has 0 aliphatic carbocycles. The van der Waals surface area contributed by atoms with E-state index in [4.69, 9.17) is 9.47 Å². The Balaban J connectivity index is 2.06. The fraction of sp³-hybridized carbons (Fsp3) is 0.316. The SMILES string of the molecule is C=CCOC(=O)c1cccc(NC(=O)C2CC(S)CN2C(=O)OCC=C)c1. The van der Waals surface area contributed by atoms with Gasteiger partial charge in [-0.3, -0.25) is 9.69 Å². The van der Waals surface area contributed by atoms with E-state index in [9.17, 15) is 14.4 Å². The van der Waals surface area contributed by atoms with Crippen LogP contribution in [-0.4, -0.2) is 53.9 Å². The van der Waals surface area contributed by atoms with Crippen molar-refractivity contribution in [2.75, 3.05) is 25.1 Å². The lowest BCUT2D eigenvalue weighted by Crippen LogP contribution is -2.43. The van der Waals surface area contributed by atoms with Crippen molar-refractivity contribution < 1.29 is 23.9 Å². The summed E-state index contributed by atoms with van der Waals surface area (Å²) in [6.07, 6.45) is 2.74. The molecular weight excluding hydrogens is 368 g/mol. The average molecular weight is 390 g/mol. The fourth-order valence-corrected chi connectivity index (χ4v) is 3.02. The number of esters is 1. The van der Waals surface area contributed by atoms with Crippen LogP contribution in [0.3, 0.4) is 0 Å². The normalized spacial score (nSPS) is 18.5.